The fourth-order valence-electron chi connectivity index (χ4n) is 1.72. The highest BCUT2D eigenvalue weighted by molar-refractivity contribution is 9.10. The second kappa shape index (κ2) is 6.92. The van der Waals surface area contributed by atoms with Crippen molar-refractivity contribution in [1.82, 2.24) is 5.32 Å². The molecule has 0 saturated heterocycles. The first-order valence-electron chi connectivity index (χ1n) is 5.93. The van der Waals surface area contributed by atoms with Gasteiger partial charge in [0.2, 0.25) is 0 Å². The summed E-state index contributed by atoms with van der Waals surface area (Å²) in [7, 11) is 0. The minimum Gasteiger partial charge on any atom is -0.310 e. The van der Waals surface area contributed by atoms with Crippen LogP contribution in [0.25, 0.3) is 0 Å². The molecule has 1 nitrogen and oxygen atoms in total. The predicted octanol–water partition coefficient (Wildman–Crippen LogP) is 4.60. The molecule has 1 aromatic rings. The van der Waals surface area contributed by atoms with Gasteiger partial charge >= 0.3 is 0 Å². The minimum absolute atomic E-state index is 0.212. The Labute approximate surface area is 111 Å². The van der Waals surface area contributed by atoms with E-state index in [1.807, 2.05) is 12.1 Å². The van der Waals surface area contributed by atoms with Gasteiger partial charge in [0, 0.05) is 6.04 Å². The molecule has 1 atom stereocenters. The summed E-state index contributed by atoms with van der Waals surface area (Å²) in [6, 6.07) is 5.38. The molecule has 0 aliphatic carbocycles. The zero-order valence-electron chi connectivity index (χ0n) is 10.4. The number of rotatable bonds is 6. The first kappa shape index (κ1) is 14.4. The molecule has 94 valence electrons. The van der Waals surface area contributed by atoms with Gasteiger partial charge in [0.15, 0.2) is 0 Å². The molecule has 1 rings (SSSR count). The van der Waals surface area contributed by atoms with E-state index in [9.17, 15) is 4.39 Å². The van der Waals surface area contributed by atoms with Crippen LogP contribution < -0.4 is 5.32 Å². The third-order valence-corrected chi connectivity index (χ3v) is 3.40. The van der Waals surface area contributed by atoms with E-state index in [-0.39, 0.29) is 11.9 Å². The molecule has 1 aromatic carbocycles. The van der Waals surface area contributed by atoms with Crippen molar-refractivity contribution in [2.45, 2.75) is 32.7 Å². The van der Waals surface area contributed by atoms with Crippen LogP contribution >= 0.6 is 15.9 Å². The van der Waals surface area contributed by atoms with Crippen molar-refractivity contribution in [3.63, 3.8) is 0 Å². The molecule has 0 saturated carbocycles. The Bertz CT molecular complexity index is 390. The molecule has 0 amide bonds. The normalized spacial score (nSPS) is 12.5. The largest absolute Gasteiger partial charge is 0.310 e. The number of halogens is 2. The van der Waals surface area contributed by atoms with E-state index in [4.69, 9.17) is 0 Å². The molecule has 0 heterocycles. The predicted molar refractivity (Wildman–Crippen MR) is 74.6 cm³/mol. The van der Waals surface area contributed by atoms with Crippen LogP contribution in [0.15, 0.2) is 34.8 Å². The average Bonchev–Trinajstić information content (AvgIpc) is 2.32. The van der Waals surface area contributed by atoms with Crippen molar-refractivity contribution in [1.29, 1.82) is 0 Å². The van der Waals surface area contributed by atoms with Crippen LogP contribution in [0.3, 0.4) is 0 Å². The Balaban J connectivity index is 2.88. The summed E-state index contributed by atoms with van der Waals surface area (Å²) in [6.45, 7) is 9.09. The molecule has 0 bridgehead atoms. The molecule has 0 aliphatic heterocycles. The van der Waals surface area contributed by atoms with Crippen molar-refractivity contribution in [3.8, 4) is 0 Å². The fourth-order valence-corrected chi connectivity index (χ4v) is 2.11. The molecule has 17 heavy (non-hydrogen) atoms. The second-order valence-corrected chi connectivity index (χ2v) is 4.95. The van der Waals surface area contributed by atoms with Crippen LogP contribution in [0.1, 0.15) is 38.3 Å². The molecule has 0 fully saturated rings. The molecular weight excluding hydrogens is 281 g/mol. The molecule has 0 aromatic heterocycles. The van der Waals surface area contributed by atoms with Gasteiger partial charge < -0.3 is 5.32 Å². The molecule has 0 radical (unpaired) electrons. The maximum absolute atomic E-state index is 13.2. The highest BCUT2D eigenvalue weighted by Crippen LogP contribution is 2.25. The highest BCUT2D eigenvalue weighted by atomic mass is 79.9. The van der Waals surface area contributed by atoms with Crippen LogP contribution in [0.5, 0.6) is 0 Å². The van der Waals surface area contributed by atoms with E-state index in [1.165, 1.54) is 11.6 Å². The van der Waals surface area contributed by atoms with Gasteiger partial charge in [-0.1, -0.05) is 32.1 Å². The molecule has 3 heteroatoms. The molecule has 0 aliphatic rings. The van der Waals surface area contributed by atoms with Gasteiger partial charge in [0.1, 0.15) is 5.82 Å². The molecular formula is C14H19BrFN. The lowest BCUT2D eigenvalue weighted by Crippen LogP contribution is -2.21. The van der Waals surface area contributed by atoms with Gasteiger partial charge in [0.05, 0.1) is 4.47 Å². The Hall–Kier alpha value is -0.670. The van der Waals surface area contributed by atoms with Crippen LogP contribution in [-0.4, -0.2) is 6.54 Å². The number of nitrogens with one attached hydrogen (secondary N) is 1. The maximum atomic E-state index is 13.2. The van der Waals surface area contributed by atoms with E-state index in [0.717, 1.165) is 24.9 Å². The van der Waals surface area contributed by atoms with Crippen molar-refractivity contribution >= 4 is 15.9 Å². The van der Waals surface area contributed by atoms with Crippen LogP contribution in [0.2, 0.25) is 0 Å². The van der Waals surface area contributed by atoms with E-state index < -0.39 is 0 Å². The third-order valence-electron chi connectivity index (χ3n) is 2.79. The number of benzene rings is 1. The summed E-state index contributed by atoms with van der Waals surface area (Å²) >= 11 is 3.22. The Morgan fingerprint density at radius 1 is 1.47 bits per heavy atom. The summed E-state index contributed by atoms with van der Waals surface area (Å²) in [5, 5.41) is 3.41. The highest BCUT2D eigenvalue weighted by Gasteiger charge is 2.12. The number of hydrogen-bond donors (Lipinski definition) is 1. The van der Waals surface area contributed by atoms with Crippen LogP contribution in [0.4, 0.5) is 4.39 Å². The van der Waals surface area contributed by atoms with E-state index in [0.29, 0.717) is 4.47 Å². The Kier molecular flexibility index (Phi) is 5.86. The quantitative estimate of drug-likeness (QED) is 0.757. The van der Waals surface area contributed by atoms with Crippen molar-refractivity contribution in [2.24, 2.45) is 0 Å². The second-order valence-electron chi connectivity index (χ2n) is 4.09. The van der Waals surface area contributed by atoms with Gasteiger partial charge in [-0.05, 0) is 53.0 Å². The smallest absolute Gasteiger partial charge is 0.137 e. The summed E-state index contributed by atoms with van der Waals surface area (Å²) in [5.41, 5.74) is 2.30. The minimum atomic E-state index is -0.224. The van der Waals surface area contributed by atoms with Crippen LogP contribution in [-0.2, 0) is 0 Å². The summed E-state index contributed by atoms with van der Waals surface area (Å²) in [4.78, 5) is 0. The van der Waals surface area contributed by atoms with Gasteiger partial charge in [-0.15, -0.1) is 0 Å². The van der Waals surface area contributed by atoms with Gasteiger partial charge in [-0.2, -0.15) is 0 Å². The van der Waals surface area contributed by atoms with E-state index in [2.05, 4.69) is 41.7 Å². The third kappa shape index (κ3) is 4.25. The average molecular weight is 300 g/mol. The first-order valence-corrected chi connectivity index (χ1v) is 6.72. The Morgan fingerprint density at radius 2 is 2.18 bits per heavy atom. The van der Waals surface area contributed by atoms with Gasteiger partial charge in [-0.3, -0.25) is 0 Å². The standard InChI is InChI=1S/C14H19BrFN/c1-4-10(3)8-14(17-5-2)11-6-7-13(16)12(15)9-11/h6-7,9,14,17H,3-5,8H2,1-2H3. The summed E-state index contributed by atoms with van der Waals surface area (Å²) in [6.07, 6.45) is 1.87. The maximum Gasteiger partial charge on any atom is 0.137 e. The fraction of sp³-hybridized carbons (Fsp3) is 0.429. The zero-order chi connectivity index (χ0) is 12.8. The van der Waals surface area contributed by atoms with E-state index in [1.54, 1.807) is 0 Å². The summed E-state index contributed by atoms with van der Waals surface area (Å²) in [5.74, 6) is -0.224. The Morgan fingerprint density at radius 3 is 2.71 bits per heavy atom. The van der Waals surface area contributed by atoms with Gasteiger partial charge in [-0.25, -0.2) is 4.39 Å². The van der Waals surface area contributed by atoms with Crippen molar-refractivity contribution in [2.75, 3.05) is 6.54 Å². The first-order chi connectivity index (χ1) is 8.08. The zero-order valence-corrected chi connectivity index (χ0v) is 12.0. The van der Waals surface area contributed by atoms with Crippen molar-refractivity contribution < 1.29 is 4.39 Å². The van der Waals surface area contributed by atoms with E-state index >= 15 is 0 Å². The lowest BCUT2D eigenvalue weighted by molar-refractivity contribution is 0.540. The lowest BCUT2D eigenvalue weighted by atomic mass is 9.98. The summed E-state index contributed by atoms with van der Waals surface area (Å²) < 4.78 is 13.7. The van der Waals surface area contributed by atoms with Crippen molar-refractivity contribution in [3.05, 3.63) is 46.2 Å². The SMILES string of the molecule is C=C(CC)CC(NCC)c1ccc(F)c(Br)c1. The van der Waals surface area contributed by atoms with Gasteiger partial charge in [0.25, 0.3) is 0 Å². The molecule has 1 N–H and O–H groups in total. The molecule has 1 unspecified atom stereocenters. The lowest BCUT2D eigenvalue weighted by Gasteiger charge is -2.19. The van der Waals surface area contributed by atoms with Crippen LogP contribution in [0, 0.1) is 5.82 Å². The number of hydrogen-bond acceptors (Lipinski definition) is 1. The molecule has 0 spiro atoms. The monoisotopic (exact) mass is 299 g/mol. The topological polar surface area (TPSA) is 12.0 Å².